The minimum absolute atomic E-state index is 0.00532. The summed E-state index contributed by atoms with van der Waals surface area (Å²) in [6, 6.07) is -0.734. The van der Waals surface area contributed by atoms with E-state index in [1.54, 1.807) is 18.0 Å². The summed E-state index contributed by atoms with van der Waals surface area (Å²) in [4.78, 5) is 26.3. The zero-order valence-corrected chi connectivity index (χ0v) is 11.9. The third-order valence-corrected chi connectivity index (χ3v) is 4.05. The third kappa shape index (κ3) is 2.30. The van der Waals surface area contributed by atoms with Crippen molar-refractivity contribution in [2.24, 2.45) is 5.92 Å². The Morgan fingerprint density at radius 1 is 1.40 bits per heavy atom. The summed E-state index contributed by atoms with van der Waals surface area (Å²) < 4.78 is 1.83. The third-order valence-electron chi connectivity index (χ3n) is 4.05. The topological polar surface area (TPSA) is 67.2 Å². The second-order valence-electron chi connectivity index (χ2n) is 5.68. The van der Waals surface area contributed by atoms with E-state index >= 15 is 0 Å². The quantitative estimate of drug-likeness (QED) is 0.872. The monoisotopic (exact) mass is 276 g/mol. The van der Waals surface area contributed by atoms with Crippen LogP contribution in [0, 0.1) is 5.92 Å². The van der Waals surface area contributed by atoms with Crippen LogP contribution < -0.4 is 5.32 Å². The highest BCUT2D eigenvalue weighted by Crippen LogP contribution is 2.37. The SMILES string of the molecule is CCn1cc(CN2C(=O)C(C)NC(=O)C2C2CC2)cn1. The summed E-state index contributed by atoms with van der Waals surface area (Å²) in [6.07, 6.45) is 5.78. The Labute approximate surface area is 118 Å². The molecule has 108 valence electrons. The van der Waals surface area contributed by atoms with Crippen molar-refractivity contribution in [1.29, 1.82) is 0 Å². The molecule has 0 spiro atoms. The van der Waals surface area contributed by atoms with Gasteiger partial charge in [0.05, 0.1) is 6.20 Å². The number of hydrogen-bond acceptors (Lipinski definition) is 3. The van der Waals surface area contributed by atoms with Crippen LogP contribution in [-0.4, -0.2) is 38.6 Å². The number of carbonyl (C=O) groups excluding carboxylic acids is 2. The first-order chi connectivity index (χ1) is 9.60. The van der Waals surface area contributed by atoms with Gasteiger partial charge in [-0.2, -0.15) is 5.10 Å². The average molecular weight is 276 g/mol. The minimum Gasteiger partial charge on any atom is -0.343 e. The van der Waals surface area contributed by atoms with E-state index in [4.69, 9.17) is 0 Å². The summed E-state index contributed by atoms with van der Waals surface area (Å²) in [6.45, 7) is 5.03. The summed E-state index contributed by atoms with van der Waals surface area (Å²) in [5, 5.41) is 7.01. The molecule has 1 aliphatic carbocycles. The van der Waals surface area contributed by atoms with Crippen LogP contribution in [0.2, 0.25) is 0 Å². The highest BCUT2D eigenvalue weighted by molar-refractivity contribution is 5.97. The lowest BCUT2D eigenvalue weighted by molar-refractivity contribution is -0.150. The van der Waals surface area contributed by atoms with E-state index < -0.39 is 6.04 Å². The molecule has 20 heavy (non-hydrogen) atoms. The molecule has 2 heterocycles. The van der Waals surface area contributed by atoms with E-state index in [2.05, 4.69) is 10.4 Å². The Morgan fingerprint density at radius 3 is 2.75 bits per heavy atom. The van der Waals surface area contributed by atoms with Gasteiger partial charge in [-0.25, -0.2) is 0 Å². The number of rotatable bonds is 4. The van der Waals surface area contributed by atoms with E-state index in [1.165, 1.54) is 0 Å². The molecule has 2 aliphatic rings. The Balaban J connectivity index is 1.82. The molecule has 1 N–H and O–H groups in total. The van der Waals surface area contributed by atoms with E-state index in [0.717, 1.165) is 24.9 Å². The van der Waals surface area contributed by atoms with Crippen molar-refractivity contribution in [3.8, 4) is 0 Å². The molecule has 0 aromatic carbocycles. The maximum Gasteiger partial charge on any atom is 0.245 e. The first-order valence-corrected chi connectivity index (χ1v) is 7.22. The van der Waals surface area contributed by atoms with Crippen LogP contribution in [0.25, 0.3) is 0 Å². The number of aromatic nitrogens is 2. The Kier molecular flexibility index (Phi) is 3.23. The van der Waals surface area contributed by atoms with Crippen molar-refractivity contribution in [3.05, 3.63) is 18.0 Å². The molecule has 1 aromatic heterocycles. The van der Waals surface area contributed by atoms with Crippen molar-refractivity contribution in [2.75, 3.05) is 0 Å². The Morgan fingerprint density at radius 2 is 2.15 bits per heavy atom. The van der Waals surface area contributed by atoms with E-state index in [1.807, 2.05) is 17.8 Å². The summed E-state index contributed by atoms with van der Waals surface area (Å²) in [5.74, 6) is 0.320. The molecule has 3 rings (SSSR count). The maximum absolute atomic E-state index is 12.4. The van der Waals surface area contributed by atoms with Gasteiger partial charge in [-0.05, 0) is 32.6 Å². The fourth-order valence-electron chi connectivity index (χ4n) is 2.80. The summed E-state index contributed by atoms with van der Waals surface area (Å²) >= 11 is 0. The van der Waals surface area contributed by atoms with Crippen LogP contribution in [0.5, 0.6) is 0 Å². The van der Waals surface area contributed by atoms with Gasteiger partial charge in [0.2, 0.25) is 11.8 Å². The average Bonchev–Trinajstić information content (AvgIpc) is 3.14. The number of nitrogens with zero attached hydrogens (tertiary/aromatic N) is 3. The summed E-state index contributed by atoms with van der Waals surface area (Å²) in [5.41, 5.74) is 0.979. The lowest BCUT2D eigenvalue weighted by atomic mass is 10.0. The molecule has 1 saturated heterocycles. The van der Waals surface area contributed by atoms with Crippen molar-refractivity contribution in [2.45, 2.75) is 51.9 Å². The van der Waals surface area contributed by atoms with Crippen LogP contribution >= 0.6 is 0 Å². The molecule has 0 bridgehead atoms. The molecular formula is C14H20N4O2. The standard InChI is InChI=1S/C14H20N4O2/c1-3-17-7-10(6-15-17)8-18-12(11-4-5-11)13(19)16-9(2)14(18)20/h6-7,9,11-12H,3-5,8H2,1-2H3,(H,16,19). The molecular weight excluding hydrogens is 256 g/mol. The van der Waals surface area contributed by atoms with Crippen molar-refractivity contribution in [1.82, 2.24) is 20.0 Å². The minimum atomic E-state index is -0.432. The number of aryl methyl sites for hydroxylation is 1. The number of amides is 2. The van der Waals surface area contributed by atoms with Gasteiger partial charge in [-0.15, -0.1) is 0 Å². The van der Waals surface area contributed by atoms with Gasteiger partial charge >= 0.3 is 0 Å². The molecule has 0 radical (unpaired) electrons. The fourth-order valence-corrected chi connectivity index (χ4v) is 2.80. The molecule has 2 atom stereocenters. The highest BCUT2D eigenvalue weighted by atomic mass is 16.2. The van der Waals surface area contributed by atoms with Crippen molar-refractivity contribution >= 4 is 11.8 Å². The van der Waals surface area contributed by atoms with Gasteiger partial charge in [0.25, 0.3) is 0 Å². The lowest BCUT2D eigenvalue weighted by Crippen LogP contribution is -2.62. The van der Waals surface area contributed by atoms with E-state index in [-0.39, 0.29) is 17.9 Å². The normalized spacial score (nSPS) is 26.8. The Hall–Kier alpha value is -1.85. The largest absolute Gasteiger partial charge is 0.343 e. The first-order valence-electron chi connectivity index (χ1n) is 7.22. The fraction of sp³-hybridized carbons (Fsp3) is 0.643. The van der Waals surface area contributed by atoms with Gasteiger partial charge in [0.15, 0.2) is 0 Å². The molecule has 6 nitrogen and oxygen atoms in total. The van der Waals surface area contributed by atoms with Gasteiger partial charge in [-0.3, -0.25) is 14.3 Å². The number of carbonyl (C=O) groups is 2. The first kappa shape index (κ1) is 13.1. The molecule has 1 saturated carbocycles. The molecule has 2 amide bonds. The van der Waals surface area contributed by atoms with E-state index in [0.29, 0.717) is 12.5 Å². The predicted molar refractivity (Wildman–Crippen MR) is 72.6 cm³/mol. The van der Waals surface area contributed by atoms with Gasteiger partial charge in [-0.1, -0.05) is 0 Å². The molecule has 1 aromatic rings. The number of piperazine rings is 1. The second kappa shape index (κ2) is 4.92. The van der Waals surface area contributed by atoms with E-state index in [9.17, 15) is 9.59 Å². The van der Waals surface area contributed by atoms with Gasteiger partial charge < -0.3 is 10.2 Å². The summed E-state index contributed by atoms with van der Waals surface area (Å²) in [7, 11) is 0. The molecule has 2 fully saturated rings. The molecule has 2 unspecified atom stereocenters. The highest BCUT2D eigenvalue weighted by Gasteiger charge is 2.46. The van der Waals surface area contributed by atoms with Crippen molar-refractivity contribution < 1.29 is 9.59 Å². The zero-order valence-electron chi connectivity index (χ0n) is 11.9. The lowest BCUT2D eigenvalue weighted by Gasteiger charge is -2.38. The molecule has 6 heteroatoms. The molecule has 1 aliphatic heterocycles. The van der Waals surface area contributed by atoms with Gasteiger partial charge in [0, 0.05) is 24.8 Å². The van der Waals surface area contributed by atoms with Crippen LogP contribution in [0.1, 0.15) is 32.3 Å². The zero-order chi connectivity index (χ0) is 14.3. The second-order valence-corrected chi connectivity index (χ2v) is 5.68. The predicted octanol–water partition coefficient (Wildman–Crippen LogP) is 0.528. The van der Waals surface area contributed by atoms with Crippen molar-refractivity contribution in [3.63, 3.8) is 0 Å². The van der Waals surface area contributed by atoms with Crippen LogP contribution in [0.4, 0.5) is 0 Å². The van der Waals surface area contributed by atoms with Crippen LogP contribution in [0.3, 0.4) is 0 Å². The maximum atomic E-state index is 12.4. The number of nitrogens with one attached hydrogen (secondary N) is 1. The smallest absolute Gasteiger partial charge is 0.245 e. The number of hydrogen-bond donors (Lipinski definition) is 1. The van der Waals surface area contributed by atoms with Gasteiger partial charge in [0.1, 0.15) is 12.1 Å². The van der Waals surface area contributed by atoms with Crippen LogP contribution in [0.15, 0.2) is 12.4 Å². The Bertz CT molecular complexity index is 535. The van der Waals surface area contributed by atoms with Crippen LogP contribution in [-0.2, 0) is 22.7 Å².